The molecular formula is C17H24N6. The van der Waals surface area contributed by atoms with Crippen LogP contribution in [0.3, 0.4) is 0 Å². The largest absolute Gasteiger partial charge is 0.304 e. The highest BCUT2D eigenvalue weighted by atomic mass is 15.2. The highest BCUT2D eigenvalue weighted by Crippen LogP contribution is 2.31. The van der Waals surface area contributed by atoms with Gasteiger partial charge in [0.05, 0.1) is 11.7 Å². The molecule has 3 heterocycles. The van der Waals surface area contributed by atoms with E-state index in [2.05, 4.69) is 38.8 Å². The molecule has 0 aliphatic carbocycles. The topological polar surface area (TPSA) is 58.0 Å². The summed E-state index contributed by atoms with van der Waals surface area (Å²) in [5, 5.41) is 0. The van der Waals surface area contributed by atoms with E-state index in [1.807, 2.05) is 31.6 Å². The van der Waals surface area contributed by atoms with Gasteiger partial charge in [0.25, 0.3) is 0 Å². The van der Waals surface area contributed by atoms with Crippen molar-refractivity contribution in [1.82, 2.24) is 29.7 Å². The summed E-state index contributed by atoms with van der Waals surface area (Å²) in [7, 11) is 4.11. The lowest BCUT2D eigenvalue weighted by Crippen LogP contribution is -2.25. The maximum absolute atomic E-state index is 4.78. The number of hydrogen-bond donors (Lipinski definition) is 0. The normalized spacial score (nSPS) is 18.7. The average molecular weight is 312 g/mol. The Morgan fingerprint density at radius 2 is 2.00 bits per heavy atom. The standard InChI is InChI=1S/C17H24N6/c1-13-19-9-14(10-20-13)11-23-8-4-5-16(23)17-18-7-6-15(21-17)12-22(2)3/h6-7,9-10,16H,4-5,8,11-12H2,1-3H3/t16-/m0/s1. The van der Waals surface area contributed by atoms with Gasteiger partial charge in [0, 0.05) is 37.2 Å². The van der Waals surface area contributed by atoms with Crippen LogP contribution < -0.4 is 0 Å². The van der Waals surface area contributed by atoms with E-state index in [1.165, 1.54) is 6.42 Å². The molecule has 0 bridgehead atoms. The number of nitrogens with zero attached hydrogens (tertiary/aromatic N) is 6. The third-order valence-corrected chi connectivity index (χ3v) is 4.09. The average Bonchev–Trinajstić information content (AvgIpc) is 2.97. The van der Waals surface area contributed by atoms with E-state index in [4.69, 9.17) is 4.98 Å². The molecule has 1 fully saturated rings. The summed E-state index contributed by atoms with van der Waals surface area (Å²) in [6.45, 7) is 4.67. The molecule has 6 nitrogen and oxygen atoms in total. The number of rotatable bonds is 5. The molecule has 3 rings (SSSR count). The van der Waals surface area contributed by atoms with E-state index in [0.717, 1.165) is 49.0 Å². The second-order valence-corrected chi connectivity index (χ2v) is 6.41. The first kappa shape index (κ1) is 16.0. The first-order valence-corrected chi connectivity index (χ1v) is 8.10. The van der Waals surface area contributed by atoms with Crippen LogP contribution in [0, 0.1) is 6.92 Å². The summed E-state index contributed by atoms with van der Waals surface area (Å²) in [5.41, 5.74) is 2.22. The zero-order valence-electron chi connectivity index (χ0n) is 14.1. The Hall–Kier alpha value is -1.92. The fourth-order valence-electron chi connectivity index (χ4n) is 3.03. The second-order valence-electron chi connectivity index (χ2n) is 6.41. The third-order valence-electron chi connectivity index (χ3n) is 4.09. The van der Waals surface area contributed by atoms with Crippen molar-refractivity contribution in [2.75, 3.05) is 20.6 Å². The van der Waals surface area contributed by atoms with Crippen LogP contribution in [0.15, 0.2) is 24.7 Å². The molecule has 1 aliphatic heterocycles. The number of aromatic nitrogens is 4. The van der Waals surface area contributed by atoms with Gasteiger partial charge in [-0.1, -0.05) is 0 Å². The number of likely N-dealkylation sites (tertiary alicyclic amines) is 1. The van der Waals surface area contributed by atoms with Crippen LogP contribution in [0.4, 0.5) is 0 Å². The van der Waals surface area contributed by atoms with Crippen molar-refractivity contribution in [2.24, 2.45) is 0 Å². The van der Waals surface area contributed by atoms with Gasteiger partial charge in [0.15, 0.2) is 0 Å². The Morgan fingerprint density at radius 3 is 2.74 bits per heavy atom. The van der Waals surface area contributed by atoms with E-state index in [1.54, 1.807) is 0 Å². The summed E-state index contributed by atoms with van der Waals surface area (Å²) in [5.74, 6) is 1.75. The van der Waals surface area contributed by atoms with Gasteiger partial charge in [0.1, 0.15) is 11.6 Å². The van der Waals surface area contributed by atoms with Gasteiger partial charge in [-0.2, -0.15) is 0 Å². The summed E-state index contributed by atoms with van der Waals surface area (Å²) < 4.78 is 0. The lowest BCUT2D eigenvalue weighted by molar-refractivity contribution is 0.238. The van der Waals surface area contributed by atoms with Gasteiger partial charge in [-0.3, -0.25) is 4.90 Å². The van der Waals surface area contributed by atoms with Gasteiger partial charge < -0.3 is 4.90 Å². The Morgan fingerprint density at radius 1 is 1.22 bits per heavy atom. The molecule has 2 aromatic heterocycles. The van der Waals surface area contributed by atoms with Crippen molar-refractivity contribution in [1.29, 1.82) is 0 Å². The minimum Gasteiger partial charge on any atom is -0.304 e. The molecule has 2 aromatic rings. The number of aryl methyl sites for hydroxylation is 1. The monoisotopic (exact) mass is 312 g/mol. The molecule has 122 valence electrons. The molecule has 0 spiro atoms. The first-order valence-electron chi connectivity index (χ1n) is 8.10. The maximum Gasteiger partial charge on any atom is 0.145 e. The Balaban J connectivity index is 1.74. The summed E-state index contributed by atoms with van der Waals surface area (Å²) in [4.78, 5) is 22.5. The fourth-order valence-corrected chi connectivity index (χ4v) is 3.03. The molecule has 23 heavy (non-hydrogen) atoms. The molecule has 0 aromatic carbocycles. The first-order chi connectivity index (χ1) is 11.1. The van der Waals surface area contributed by atoms with Crippen LogP contribution in [0.1, 0.15) is 41.8 Å². The van der Waals surface area contributed by atoms with Crippen LogP contribution in [0.2, 0.25) is 0 Å². The summed E-state index contributed by atoms with van der Waals surface area (Å²) >= 11 is 0. The zero-order chi connectivity index (χ0) is 16.2. The molecule has 1 atom stereocenters. The van der Waals surface area contributed by atoms with Gasteiger partial charge in [-0.05, 0) is 46.5 Å². The van der Waals surface area contributed by atoms with E-state index in [-0.39, 0.29) is 0 Å². The minimum absolute atomic E-state index is 0.290. The smallest absolute Gasteiger partial charge is 0.145 e. The Labute approximate surface area is 137 Å². The molecule has 6 heteroatoms. The summed E-state index contributed by atoms with van der Waals surface area (Å²) in [6.07, 6.45) is 8.01. The van der Waals surface area contributed by atoms with E-state index >= 15 is 0 Å². The molecule has 0 radical (unpaired) electrons. The molecule has 1 aliphatic rings. The van der Waals surface area contributed by atoms with Crippen LogP contribution in [-0.4, -0.2) is 50.4 Å². The van der Waals surface area contributed by atoms with Crippen molar-refractivity contribution in [2.45, 2.75) is 38.9 Å². The van der Waals surface area contributed by atoms with Crippen molar-refractivity contribution >= 4 is 0 Å². The Kier molecular flexibility index (Phi) is 4.93. The Bertz CT molecular complexity index is 640. The fraction of sp³-hybridized carbons (Fsp3) is 0.529. The third kappa shape index (κ3) is 4.09. The number of hydrogen-bond acceptors (Lipinski definition) is 6. The van der Waals surface area contributed by atoms with Crippen molar-refractivity contribution in [3.8, 4) is 0 Å². The lowest BCUT2D eigenvalue weighted by atomic mass is 10.2. The van der Waals surface area contributed by atoms with Crippen molar-refractivity contribution < 1.29 is 0 Å². The van der Waals surface area contributed by atoms with Gasteiger partial charge >= 0.3 is 0 Å². The minimum atomic E-state index is 0.290. The van der Waals surface area contributed by atoms with Crippen LogP contribution in [-0.2, 0) is 13.1 Å². The van der Waals surface area contributed by atoms with Crippen LogP contribution in [0.5, 0.6) is 0 Å². The maximum atomic E-state index is 4.78. The highest BCUT2D eigenvalue weighted by molar-refractivity contribution is 5.10. The van der Waals surface area contributed by atoms with Crippen LogP contribution >= 0.6 is 0 Å². The highest BCUT2D eigenvalue weighted by Gasteiger charge is 2.28. The van der Waals surface area contributed by atoms with Gasteiger partial charge in [0.2, 0.25) is 0 Å². The van der Waals surface area contributed by atoms with E-state index in [9.17, 15) is 0 Å². The molecule has 0 amide bonds. The molecule has 1 saturated heterocycles. The zero-order valence-corrected chi connectivity index (χ0v) is 14.1. The predicted octanol–water partition coefficient (Wildman–Crippen LogP) is 1.97. The van der Waals surface area contributed by atoms with Gasteiger partial charge in [-0.15, -0.1) is 0 Å². The summed E-state index contributed by atoms with van der Waals surface area (Å²) in [6, 6.07) is 2.29. The molecule has 0 unspecified atom stereocenters. The quantitative estimate of drug-likeness (QED) is 0.841. The van der Waals surface area contributed by atoms with E-state index < -0.39 is 0 Å². The molecule has 0 saturated carbocycles. The lowest BCUT2D eigenvalue weighted by Gasteiger charge is -2.23. The molecular weight excluding hydrogens is 288 g/mol. The molecule has 0 N–H and O–H groups in total. The van der Waals surface area contributed by atoms with Gasteiger partial charge in [-0.25, -0.2) is 19.9 Å². The second kappa shape index (κ2) is 7.10. The SMILES string of the molecule is Cc1ncc(CN2CCC[C@H]2c2nccc(CN(C)C)n2)cn1. The van der Waals surface area contributed by atoms with Crippen LogP contribution in [0.25, 0.3) is 0 Å². The predicted molar refractivity (Wildman–Crippen MR) is 88.6 cm³/mol. The van der Waals surface area contributed by atoms with Crippen molar-refractivity contribution in [3.05, 3.63) is 47.6 Å². The van der Waals surface area contributed by atoms with Crippen molar-refractivity contribution in [3.63, 3.8) is 0 Å². The van der Waals surface area contributed by atoms with E-state index in [0.29, 0.717) is 6.04 Å².